The third-order valence-electron chi connectivity index (χ3n) is 2.02. The van der Waals surface area contributed by atoms with Crippen LogP contribution in [0.3, 0.4) is 0 Å². The molecule has 0 aliphatic rings. The molecular weight excluding hydrogens is 298 g/mol. The molecule has 0 atom stereocenters. The number of hydrogen-bond donors (Lipinski definition) is 2. The average Bonchev–Trinajstić information content (AvgIpc) is 2.24. The molecule has 0 unspecified atom stereocenters. The van der Waals surface area contributed by atoms with Gasteiger partial charge in [0.05, 0.1) is 5.56 Å². The molecule has 0 fully saturated rings. The number of pyridine rings is 1. The third kappa shape index (κ3) is 3.73. The number of aromatic carboxylic acids is 1. The second-order valence-corrected chi connectivity index (χ2v) is 3.39. The Hall–Kier alpha value is -2.04. The molecule has 1 aromatic heterocycles. The van der Waals surface area contributed by atoms with Crippen LogP contribution in [-0.2, 0) is 12.7 Å². The van der Waals surface area contributed by atoms with Crippen LogP contribution < -0.4 is 10.5 Å². The minimum absolute atomic E-state index is 0.229. The highest BCUT2D eigenvalue weighted by Crippen LogP contribution is 2.34. The van der Waals surface area contributed by atoms with E-state index in [0.717, 1.165) is 0 Å². The summed E-state index contributed by atoms with van der Waals surface area (Å²) in [6.45, 7) is -0.865. The van der Waals surface area contributed by atoms with Crippen molar-refractivity contribution in [2.24, 2.45) is 5.73 Å². The molecule has 0 saturated carbocycles. The van der Waals surface area contributed by atoms with Crippen LogP contribution in [0.1, 0.15) is 21.6 Å². The van der Waals surface area contributed by atoms with Crippen LogP contribution in [-0.4, -0.2) is 22.4 Å². The number of halogens is 6. The van der Waals surface area contributed by atoms with Gasteiger partial charge in [0.2, 0.25) is 5.88 Å². The molecule has 0 amide bonds. The summed E-state index contributed by atoms with van der Waals surface area (Å²) in [4.78, 5) is 13.4. The van der Waals surface area contributed by atoms with Gasteiger partial charge < -0.3 is 15.6 Å². The number of hydrogen-bond acceptors (Lipinski definition) is 4. The predicted molar refractivity (Wildman–Crippen MR) is 50.8 cm³/mol. The summed E-state index contributed by atoms with van der Waals surface area (Å²) in [6, 6.07) is 0.229. The largest absolute Gasteiger partial charge is 0.574 e. The Kier molecular flexibility index (Phi) is 4.12. The van der Waals surface area contributed by atoms with Gasteiger partial charge in [-0.3, -0.25) is 0 Å². The quantitative estimate of drug-likeness (QED) is 0.836. The van der Waals surface area contributed by atoms with E-state index >= 15 is 0 Å². The van der Waals surface area contributed by atoms with E-state index < -0.39 is 47.8 Å². The zero-order valence-corrected chi connectivity index (χ0v) is 9.34. The Labute approximate surface area is 107 Å². The maximum Gasteiger partial charge on any atom is 0.574 e. The first-order chi connectivity index (χ1) is 8.95. The molecule has 1 heterocycles. The summed E-state index contributed by atoms with van der Waals surface area (Å²) in [5.74, 6) is -3.41. The molecule has 0 bridgehead atoms. The van der Waals surface area contributed by atoms with E-state index in [0.29, 0.717) is 0 Å². The number of ether oxygens (including phenoxy) is 1. The zero-order chi connectivity index (χ0) is 15.7. The van der Waals surface area contributed by atoms with Crippen molar-refractivity contribution in [3.63, 3.8) is 0 Å². The molecule has 5 nitrogen and oxygen atoms in total. The maximum atomic E-state index is 12.6. The third-order valence-corrected chi connectivity index (χ3v) is 2.02. The number of carboxylic acid groups (broad SMARTS) is 1. The summed E-state index contributed by atoms with van der Waals surface area (Å²) >= 11 is 0. The van der Waals surface area contributed by atoms with Gasteiger partial charge in [0.25, 0.3) is 0 Å². The number of aromatic nitrogens is 1. The van der Waals surface area contributed by atoms with Crippen LogP contribution >= 0.6 is 0 Å². The lowest BCUT2D eigenvalue weighted by Crippen LogP contribution is -2.23. The Balaban J connectivity index is 3.52. The second kappa shape index (κ2) is 5.15. The normalized spacial score (nSPS) is 12.3. The van der Waals surface area contributed by atoms with Crippen LogP contribution in [0.2, 0.25) is 0 Å². The Morgan fingerprint density at radius 3 is 2.20 bits per heavy atom. The number of alkyl halides is 6. The van der Waals surface area contributed by atoms with Crippen LogP contribution in [0.15, 0.2) is 6.07 Å². The van der Waals surface area contributed by atoms with E-state index in [4.69, 9.17) is 10.8 Å². The van der Waals surface area contributed by atoms with Crippen LogP contribution in [0.4, 0.5) is 26.3 Å². The molecule has 3 N–H and O–H groups in total. The van der Waals surface area contributed by atoms with Gasteiger partial charge in [-0.15, -0.1) is 13.2 Å². The molecule has 0 aliphatic carbocycles. The van der Waals surface area contributed by atoms with E-state index in [2.05, 4.69) is 9.72 Å². The van der Waals surface area contributed by atoms with Gasteiger partial charge in [0.1, 0.15) is 0 Å². The number of carbonyl (C=O) groups is 1. The van der Waals surface area contributed by atoms with Gasteiger partial charge in [0.15, 0.2) is 5.69 Å². The molecule has 0 aromatic carbocycles. The highest BCUT2D eigenvalue weighted by molar-refractivity contribution is 5.90. The number of nitrogens with zero attached hydrogens (tertiary/aromatic N) is 1. The summed E-state index contributed by atoms with van der Waals surface area (Å²) in [7, 11) is 0. The molecule has 20 heavy (non-hydrogen) atoms. The standard InChI is InChI=1S/C9H6F6N2O3/c10-8(11,12)6-4(2-16)3(7(18)19)1-5(17-6)20-9(13,14)15/h1H,2,16H2,(H,18,19). The van der Waals surface area contributed by atoms with Crippen LogP contribution in [0.25, 0.3) is 0 Å². The minimum atomic E-state index is -5.31. The van der Waals surface area contributed by atoms with E-state index in [-0.39, 0.29) is 6.07 Å². The van der Waals surface area contributed by atoms with Gasteiger partial charge >= 0.3 is 18.5 Å². The number of carboxylic acids is 1. The lowest BCUT2D eigenvalue weighted by atomic mass is 10.1. The lowest BCUT2D eigenvalue weighted by Gasteiger charge is -2.16. The number of nitrogens with two attached hydrogens (primary N) is 1. The first-order valence-electron chi connectivity index (χ1n) is 4.76. The monoisotopic (exact) mass is 304 g/mol. The Morgan fingerprint density at radius 2 is 1.85 bits per heavy atom. The predicted octanol–water partition coefficient (Wildman–Crippen LogP) is 2.16. The Bertz CT molecular complexity index is 526. The summed E-state index contributed by atoms with van der Waals surface area (Å²) in [6.07, 6.45) is -10.5. The van der Waals surface area contributed by atoms with Crippen LogP contribution in [0, 0.1) is 0 Å². The van der Waals surface area contributed by atoms with Crippen molar-refractivity contribution in [3.8, 4) is 5.88 Å². The first kappa shape index (κ1) is 16.0. The van der Waals surface area contributed by atoms with Crippen molar-refractivity contribution in [2.45, 2.75) is 19.1 Å². The first-order valence-corrected chi connectivity index (χ1v) is 4.76. The fourth-order valence-corrected chi connectivity index (χ4v) is 1.35. The fourth-order valence-electron chi connectivity index (χ4n) is 1.35. The smallest absolute Gasteiger partial charge is 0.478 e. The van der Waals surface area contributed by atoms with Crippen LogP contribution in [0.5, 0.6) is 5.88 Å². The lowest BCUT2D eigenvalue weighted by molar-refractivity contribution is -0.276. The van der Waals surface area contributed by atoms with Crippen molar-refractivity contribution >= 4 is 5.97 Å². The average molecular weight is 304 g/mol. The highest BCUT2D eigenvalue weighted by atomic mass is 19.4. The van der Waals surface area contributed by atoms with Gasteiger partial charge in [-0.2, -0.15) is 13.2 Å². The summed E-state index contributed by atoms with van der Waals surface area (Å²) in [5, 5.41) is 8.72. The molecule has 0 spiro atoms. The molecular formula is C9H6F6N2O3. The number of rotatable bonds is 3. The fraction of sp³-hybridized carbons (Fsp3) is 0.333. The molecule has 11 heteroatoms. The van der Waals surface area contributed by atoms with Crippen molar-refractivity contribution in [1.29, 1.82) is 0 Å². The van der Waals surface area contributed by atoms with Crippen molar-refractivity contribution in [2.75, 3.05) is 0 Å². The molecule has 0 radical (unpaired) electrons. The van der Waals surface area contributed by atoms with Gasteiger partial charge in [-0.1, -0.05) is 0 Å². The summed E-state index contributed by atoms with van der Waals surface area (Å²) < 4.78 is 77.1. The van der Waals surface area contributed by atoms with Crippen molar-refractivity contribution < 1.29 is 41.0 Å². The van der Waals surface area contributed by atoms with E-state index in [1.165, 1.54) is 0 Å². The van der Waals surface area contributed by atoms with Gasteiger partial charge in [-0.05, 0) is 0 Å². The van der Waals surface area contributed by atoms with Crippen molar-refractivity contribution in [1.82, 2.24) is 4.98 Å². The maximum absolute atomic E-state index is 12.6. The van der Waals surface area contributed by atoms with E-state index in [1.54, 1.807) is 0 Å². The van der Waals surface area contributed by atoms with Crippen molar-refractivity contribution in [3.05, 3.63) is 22.9 Å². The molecule has 0 aliphatic heterocycles. The Morgan fingerprint density at radius 1 is 1.30 bits per heavy atom. The zero-order valence-electron chi connectivity index (χ0n) is 9.34. The second-order valence-electron chi connectivity index (χ2n) is 3.39. The molecule has 1 aromatic rings. The van der Waals surface area contributed by atoms with E-state index in [1.807, 2.05) is 0 Å². The summed E-state index contributed by atoms with van der Waals surface area (Å²) in [5.41, 5.74) is 1.17. The van der Waals surface area contributed by atoms with Gasteiger partial charge in [0, 0.05) is 18.2 Å². The highest BCUT2D eigenvalue weighted by Gasteiger charge is 2.39. The molecule has 1 rings (SSSR count). The minimum Gasteiger partial charge on any atom is -0.478 e. The molecule has 0 saturated heterocycles. The SMILES string of the molecule is NCc1c(C(=O)O)cc(OC(F)(F)F)nc1C(F)(F)F. The van der Waals surface area contributed by atoms with E-state index in [9.17, 15) is 31.1 Å². The molecule has 112 valence electrons. The van der Waals surface area contributed by atoms with Gasteiger partial charge in [-0.25, -0.2) is 9.78 Å². The topological polar surface area (TPSA) is 85.4 Å².